The Hall–Kier alpha value is -0.110. The van der Waals surface area contributed by atoms with Gasteiger partial charge in [-0.25, -0.2) is 9.34 Å². The molecule has 0 bridgehead atoms. The molecule has 0 unspecified atom stereocenters. The van der Waals surface area contributed by atoms with Crippen molar-refractivity contribution in [2.45, 2.75) is 56.8 Å². The standard InChI is InChI=1S/C13H23N2OP/c1-3-6-11(2)17(16)14-9-4-7-12(14)13-8-5-10-15(13)17/h3,11-13H,1,4-10H2,2H3/t11-,12-,13-/m0/s1. The fourth-order valence-corrected chi connectivity index (χ4v) is 8.06. The number of allylic oxidation sites excluding steroid dienone is 1. The Morgan fingerprint density at radius 1 is 1.29 bits per heavy atom. The monoisotopic (exact) mass is 254 g/mol. The van der Waals surface area contributed by atoms with E-state index in [0.717, 1.165) is 19.5 Å². The van der Waals surface area contributed by atoms with Gasteiger partial charge in [0.15, 0.2) is 0 Å². The molecule has 17 heavy (non-hydrogen) atoms. The van der Waals surface area contributed by atoms with Crippen LogP contribution in [-0.2, 0) is 4.57 Å². The minimum absolute atomic E-state index is 0.253. The van der Waals surface area contributed by atoms with E-state index in [9.17, 15) is 4.57 Å². The number of nitrogens with zero attached hydrogens (tertiary/aromatic N) is 2. The molecule has 0 saturated carbocycles. The minimum atomic E-state index is -2.29. The fraction of sp³-hybridized carbons (Fsp3) is 0.846. The van der Waals surface area contributed by atoms with E-state index in [4.69, 9.17) is 0 Å². The van der Waals surface area contributed by atoms with Gasteiger partial charge in [-0.2, -0.15) is 0 Å². The maximum atomic E-state index is 13.5. The number of hydrogen-bond donors (Lipinski definition) is 0. The normalized spacial score (nSPS) is 37.9. The molecule has 0 aromatic heterocycles. The minimum Gasteiger partial charge on any atom is -0.288 e. The molecule has 4 heteroatoms. The first-order chi connectivity index (χ1) is 8.19. The quantitative estimate of drug-likeness (QED) is 0.571. The highest BCUT2D eigenvalue weighted by atomic mass is 31.2. The van der Waals surface area contributed by atoms with Crippen LogP contribution in [0, 0.1) is 0 Å². The summed E-state index contributed by atoms with van der Waals surface area (Å²) in [4.78, 5) is 0. The molecule has 0 radical (unpaired) electrons. The second-order valence-corrected chi connectivity index (χ2v) is 8.80. The molecule has 3 saturated heterocycles. The van der Waals surface area contributed by atoms with Crippen LogP contribution in [0.15, 0.2) is 12.7 Å². The zero-order chi connectivity index (χ0) is 12.0. The molecule has 96 valence electrons. The van der Waals surface area contributed by atoms with Gasteiger partial charge in [0.25, 0.3) is 0 Å². The van der Waals surface area contributed by atoms with E-state index in [1.54, 1.807) is 0 Å². The molecular weight excluding hydrogens is 231 g/mol. The number of fused-ring (bicyclic) bond motifs is 3. The van der Waals surface area contributed by atoms with Crippen molar-refractivity contribution in [2.24, 2.45) is 0 Å². The van der Waals surface area contributed by atoms with E-state index in [2.05, 4.69) is 22.8 Å². The predicted molar refractivity (Wildman–Crippen MR) is 71.3 cm³/mol. The summed E-state index contributed by atoms with van der Waals surface area (Å²) in [5, 5.41) is 0. The molecule has 3 aliphatic heterocycles. The van der Waals surface area contributed by atoms with Gasteiger partial charge in [0.2, 0.25) is 7.44 Å². The van der Waals surface area contributed by atoms with Crippen LogP contribution in [0.4, 0.5) is 0 Å². The summed E-state index contributed by atoms with van der Waals surface area (Å²) in [5.74, 6) is 0. The van der Waals surface area contributed by atoms with Crippen molar-refractivity contribution in [1.29, 1.82) is 0 Å². The zero-order valence-electron chi connectivity index (χ0n) is 10.7. The maximum absolute atomic E-state index is 13.5. The van der Waals surface area contributed by atoms with Gasteiger partial charge in [-0.3, -0.25) is 4.57 Å². The van der Waals surface area contributed by atoms with Gasteiger partial charge in [0.1, 0.15) is 0 Å². The molecule has 0 amide bonds. The summed E-state index contributed by atoms with van der Waals surface area (Å²) in [7, 11) is -2.29. The van der Waals surface area contributed by atoms with E-state index in [0.29, 0.717) is 12.1 Å². The van der Waals surface area contributed by atoms with Crippen LogP contribution in [0.2, 0.25) is 0 Å². The third kappa shape index (κ3) is 1.52. The first-order valence-corrected chi connectivity index (χ1v) is 8.62. The third-order valence-electron chi connectivity index (χ3n) is 4.80. The molecular formula is C13H23N2OP. The fourth-order valence-electron chi connectivity index (χ4n) is 4.08. The van der Waals surface area contributed by atoms with Gasteiger partial charge < -0.3 is 0 Å². The molecule has 0 aromatic carbocycles. The van der Waals surface area contributed by atoms with Crippen LogP contribution >= 0.6 is 7.44 Å². The SMILES string of the molecule is C=CC[C@H](C)P1(=O)N2CCC[C@H]2[C@@H]2CCCN21. The van der Waals surface area contributed by atoms with Gasteiger partial charge in [0, 0.05) is 30.8 Å². The summed E-state index contributed by atoms with van der Waals surface area (Å²) in [6.07, 6.45) is 7.79. The van der Waals surface area contributed by atoms with E-state index >= 15 is 0 Å². The lowest BCUT2D eigenvalue weighted by atomic mass is 10.1. The van der Waals surface area contributed by atoms with Crippen LogP contribution < -0.4 is 0 Å². The highest BCUT2D eigenvalue weighted by Crippen LogP contribution is 2.69. The largest absolute Gasteiger partial charge is 0.288 e. The van der Waals surface area contributed by atoms with E-state index in [1.807, 2.05) is 6.08 Å². The van der Waals surface area contributed by atoms with Gasteiger partial charge in [-0.15, -0.1) is 6.58 Å². The number of rotatable bonds is 3. The Labute approximate surface area is 104 Å². The second-order valence-electron chi connectivity index (χ2n) is 5.71. The van der Waals surface area contributed by atoms with E-state index in [-0.39, 0.29) is 5.66 Å². The van der Waals surface area contributed by atoms with E-state index < -0.39 is 7.44 Å². The number of hydrogen-bond acceptors (Lipinski definition) is 1. The van der Waals surface area contributed by atoms with Crippen molar-refractivity contribution in [3.63, 3.8) is 0 Å². The van der Waals surface area contributed by atoms with Crippen molar-refractivity contribution < 1.29 is 4.57 Å². The average molecular weight is 254 g/mol. The molecule has 3 aliphatic rings. The first-order valence-electron chi connectivity index (χ1n) is 6.94. The molecule has 0 spiro atoms. The Bertz CT molecular complexity index is 346. The maximum Gasteiger partial charge on any atom is 0.220 e. The summed E-state index contributed by atoms with van der Waals surface area (Å²) in [5.41, 5.74) is 0.253. The lowest BCUT2D eigenvalue weighted by Crippen LogP contribution is -2.29. The summed E-state index contributed by atoms with van der Waals surface area (Å²) >= 11 is 0. The Morgan fingerprint density at radius 2 is 1.82 bits per heavy atom. The van der Waals surface area contributed by atoms with Crippen molar-refractivity contribution >= 4 is 7.44 Å². The highest BCUT2D eigenvalue weighted by Gasteiger charge is 2.58. The highest BCUT2D eigenvalue weighted by molar-refractivity contribution is 7.60. The van der Waals surface area contributed by atoms with Gasteiger partial charge in [-0.1, -0.05) is 13.0 Å². The van der Waals surface area contributed by atoms with E-state index in [1.165, 1.54) is 25.7 Å². The van der Waals surface area contributed by atoms with Gasteiger partial charge >= 0.3 is 0 Å². The molecule has 3 rings (SSSR count). The third-order valence-corrected chi connectivity index (χ3v) is 8.63. The summed E-state index contributed by atoms with van der Waals surface area (Å²) in [6.45, 7) is 8.07. The molecule has 0 aliphatic carbocycles. The Morgan fingerprint density at radius 3 is 2.29 bits per heavy atom. The second kappa shape index (κ2) is 4.22. The van der Waals surface area contributed by atoms with Crippen LogP contribution in [0.25, 0.3) is 0 Å². The molecule has 3 atom stereocenters. The smallest absolute Gasteiger partial charge is 0.220 e. The predicted octanol–water partition coefficient (Wildman–Crippen LogP) is 3.09. The van der Waals surface area contributed by atoms with Crippen molar-refractivity contribution in [3.05, 3.63) is 12.7 Å². The summed E-state index contributed by atoms with van der Waals surface area (Å²) in [6, 6.07) is 1.19. The first kappa shape index (κ1) is 12.0. The van der Waals surface area contributed by atoms with Crippen LogP contribution in [0.5, 0.6) is 0 Å². The zero-order valence-corrected chi connectivity index (χ0v) is 11.6. The molecule has 3 heterocycles. The Balaban J connectivity index is 1.96. The van der Waals surface area contributed by atoms with Crippen molar-refractivity contribution in [3.8, 4) is 0 Å². The van der Waals surface area contributed by atoms with Gasteiger partial charge in [-0.05, 0) is 32.1 Å². The summed E-state index contributed by atoms with van der Waals surface area (Å²) < 4.78 is 18.3. The topological polar surface area (TPSA) is 23.6 Å². The molecule has 0 aromatic rings. The van der Waals surface area contributed by atoms with Crippen LogP contribution in [0.1, 0.15) is 39.0 Å². The lowest BCUT2D eigenvalue weighted by molar-refractivity contribution is 0.341. The Kier molecular flexibility index (Phi) is 2.97. The lowest BCUT2D eigenvalue weighted by Gasteiger charge is -2.33. The van der Waals surface area contributed by atoms with Gasteiger partial charge in [0.05, 0.1) is 0 Å². The van der Waals surface area contributed by atoms with Crippen molar-refractivity contribution in [2.75, 3.05) is 13.1 Å². The molecule has 3 nitrogen and oxygen atoms in total. The van der Waals surface area contributed by atoms with Crippen molar-refractivity contribution in [1.82, 2.24) is 9.34 Å². The van der Waals surface area contributed by atoms with Crippen LogP contribution in [0.3, 0.4) is 0 Å². The molecule has 0 N–H and O–H groups in total. The average Bonchev–Trinajstić information content (AvgIpc) is 2.98. The van der Waals surface area contributed by atoms with Crippen LogP contribution in [-0.4, -0.2) is 40.2 Å². The molecule has 3 fully saturated rings.